The minimum atomic E-state index is 0.287. The Kier molecular flexibility index (Phi) is 6.13. The molecule has 2 heteroatoms. The number of rotatable bonds is 6. The van der Waals surface area contributed by atoms with Crippen LogP contribution in [0.1, 0.15) is 33.6 Å². The molecule has 0 aliphatic rings. The molecule has 0 N–H and O–H groups in total. The fourth-order valence-electron chi connectivity index (χ4n) is 1.05. The van der Waals surface area contributed by atoms with Crippen molar-refractivity contribution in [2.75, 3.05) is 6.61 Å². The first-order valence-corrected chi connectivity index (χ1v) is 4.22. The fraction of sp³-hybridized carbons (Fsp3) is 0.889. The summed E-state index contributed by atoms with van der Waals surface area (Å²) in [6, 6.07) is 0. The average Bonchev–Trinajstić information content (AvgIpc) is 1.86. The zero-order valence-electron chi connectivity index (χ0n) is 7.67. The van der Waals surface area contributed by atoms with Crippen LogP contribution >= 0.6 is 0 Å². The van der Waals surface area contributed by atoms with Gasteiger partial charge in [0.2, 0.25) is 0 Å². The Morgan fingerprint density at radius 3 is 2.45 bits per heavy atom. The van der Waals surface area contributed by atoms with Gasteiger partial charge in [0.25, 0.3) is 0 Å². The number of carbonyl (C=O) groups is 1. The molecule has 0 aromatic rings. The first kappa shape index (κ1) is 10.6. The minimum absolute atomic E-state index is 0.287. The van der Waals surface area contributed by atoms with Gasteiger partial charge < -0.3 is 9.53 Å². The van der Waals surface area contributed by atoms with Crippen LogP contribution in [-0.2, 0) is 9.53 Å². The molecule has 0 rings (SSSR count). The van der Waals surface area contributed by atoms with Crippen molar-refractivity contribution >= 4 is 6.29 Å². The zero-order valence-corrected chi connectivity index (χ0v) is 7.67. The second-order valence-electron chi connectivity index (χ2n) is 3.27. The monoisotopic (exact) mass is 158 g/mol. The van der Waals surface area contributed by atoms with Crippen molar-refractivity contribution in [3.05, 3.63) is 0 Å². The van der Waals surface area contributed by atoms with Crippen LogP contribution in [0.4, 0.5) is 0 Å². The first-order chi connectivity index (χ1) is 5.16. The van der Waals surface area contributed by atoms with E-state index in [4.69, 9.17) is 4.74 Å². The number of ether oxygens (including phenoxy) is 1. The molecular formula is C9H18O2. The first-order valence-electron chi connectivity index (χ1n) is 4.22. The summed E-state index contributed by atoms with van der Waals surface area (Å²) in [4.78, 5) is 9.93. The van der Waals surface area contributed by atoms with Gasteiger partial charge in [-0.1, -0.05) is 13.8 Å². The fourth-order valence-corrected chi connectivity index (χ4v) is 1.05. The third-order valence-corrected chi connectivity index (χ3v) is 1.44. The van der Waals surface area contributed by atoms with Crippen LogP contribution in [0.2, 0.25) is 0 Å². The molecule has 0 saturated heterocycles. The van der Waals surface area contributed by atoms with Gasteiger partial charge in [-0.25, -0.2) is 0 Å². The lowest BCUT2D eigenvalue weighted by Gasteiger charge is -2.13. The highest BCUT2D eigenvalue weighted by molar-refractivity contribution is 5.49. The van der Waals surface area contributed by atoms with E-state index in [1.807, 2.05) is 6.92 Å². The number of hydrogen-bond donors (Lipinski definition) is 0. The largest absolute Gasteiger partial charge is 0.378 e. The van der Waals surface area contributed by atoms with Crippen LogP contribution < -0.4 is 0 Å². The van der Waals surface area contributed by atoms with Crippen molar-refractivity contribution in [1.82, 2.24) is 0 Å². The smallest absolute Gasteiger partial charge is 0.122 e. The van der Waals surface area contributed by atoms with E-state index < -0.39 is 0 Å². The van der Waals surface area contributed by atoms with Gasteiger partial charge in [-0.2, -0.15) is 0 Å². The van der Waals surface area contributed by atoms with Crippen LogP contribution in [0, 0.1) is 5.92 Å². The predicted molar refractivity (Wildman–Crippen MR) is 45.6 cm³/mol. The molecule has 0 saturated carbocycles. The lowest BCUT2D eigenvalue weighted by molar-refractivity contribution is -0.109. The highest BCUT2D eigenvalue weighted by Crippen LogP contribution is 2.07. The highest BCUT2D eigenvalue weighted by atomic mass is 16.5. The maximum Gasteiger partial charge on any atom is 0.122 e. The topological polar surface area (TPSA) is 26.3 Å². The standard InChI is InChI=1S/C9H18O2/c1-8(2)7-9(3)11-6-4-5-10/h5,8-9H,4,6-7H2,1-3H3. The maximum absolute atomic E-state index is 9.93. The Hall–Kier alpha value is -0.370. The van der Waals surface area contributed by atoms with Gasteiger partial charge in [-0.15, -0.1) is 0 Å². The molecule has 0 fully saturated rings. The summed E-state index contributed by atoms with van der Waals surface area (Å²) in [6.07, 6.45) is 2.76. The average molecular weight is 158 g/mol. The summed E-state index contributed by atoms with van der Waals surface area (Å²) in [5.74, 6) is 0.668. The summed E-state index contributed by atoms with van der Waals surface area (Å²) in [7, 11) is 0. The molecule has 0 spiro atoms. The third-order valence-electron chi connectivity index (χ3n) is 1.44. The second-order valence-corrected chi connectivity index (χ2v) is 3.27. The van der Waals surface area contributed by atoms with E-state index in [1.54, 1.807) is 0 Å². The van der Waals surface area contributed by atoms with Gasteiger partial charge in [0.1, 0.15) is 6.29 Å². The van der Waals surface area contributed by atoms with Gasteiger partial charge >= 0.3 is 0 Å². The molecule has 0 radical (unpaired) electrons. The molecule has 1 atom stereocenters. The third kappa shape index (κ3) is 7.53. The summed E-state index contributed by atoms with van der Waals surface area (Å²) in [6.45, 7) is 6.95. The van der Waals surface area contributed by atoms with Crippen molar-refractivity contribution in [1.29, 1.82) is 0 Å². The van der Waals surface area contributed by atoms with Gasteiger partial charge in [0.15, 0.2) is 0 Å². The van der Waals surface area contributed by atoms with Crippen LogP contribution in [0.15, 0.2) is 0 Å². The van der Waals surface area contributed by atoms with Gasteiger partial charge in [0.05, 0.1) is 12.7 Å². The molecule has 0 aromatic carbocycles. The molecule has 0 amide bonds. The second kappa shape index (κ2) is 6.35. The maximum atomic E-state index is 9.93. The van der Waals surface area contributed by atoms with E-state index >= 15 is 0 Å². The Balaban J connectivity index is 3.21. The lowest BCUT2D eigenvalue weighted by Crippen LogP contribution is -2.12. The van der Waals surface area contributed by atoms with Crippen molar-refractivity contribution in [3.8, 4) is 0 Å². The summed E-state index contributed by atoms with van der Waals surface area (Å²) in [5.41, 5.74) is 0. The summed E-state index contributed by atoms with van der Waals surface area (Å²) >= 11 is 0. The van der Waals surface area contributed by atoms with E-state index in [-0.39, 0.29) is 6.10 Å². The molecule has 11 heavy (non-hydrogen) atoms. The van der Waals surface area contributed by atoms with Crippen LogP contribution in [0.25, 0.3) is 0 Å². The van der Waals surface area contributed by atoms with Crippen molar-refractivity contribution in [2.45, 2.75) is 39.7 Å². The molecule has 0 aliphatic heterocycles. The van der Waals surface area contributed by atoms with E-state index in [0.29, 0.717) is 18.9 Å². The Labute approximate surface area is 68.9 Å². The molecule has 0 aliphatic carbocycles. The quantitative estimate of drug-likeness (QED) is 0.436. The summed E-state index contributed by atoms with van der Waals surface area (Å²) < 4.78 is 5.36. The number of hydrogen-bond acceptors (Lipinski definition) is 2. The SMILES string of the molecule is CC(C)CC(C)OCCC=O. The Morgan fingerprint density at radius 1 is 1.36 bits per heavy atom. The van der Waals surface area contributed by atoms with Crippen LogP contribution in [0.5, 0.6) is 0 Å². The van der Waals surface area contributed by atoms with Gasteiger partial charge in [0, 0.05) is 6.42 Å². The van der Waals surface area contributed by atoms with Crippen molar-refractivity contribution < 1.29 is 9.53 Å². The number of aldehydes is 1. The van der Waals surface area contributed by atoms with Crippen molar-refractivity contribution in [2.24, 2.45) is 5.92 Å². The summed E-state index contributed by atoms with van der Waals surface area (Å²) in [5, 5.41) is 0. The van der Waals surface area contributed by atoms with Crippen LogP contribution in [0.3, 0.4) is 0 Å². The molecule has 66 valence electrons. The Morgan fingerprint density at radius 2 is 2.00 bits per heavy atom. The van der Waals surface area contributed by atoms with E-state index in [9.17, 15) is 4.79 Å². The number of carbonyl (C=O) groups excluding carboxylic acids is 1. The van der Waals surface area contributed by atoms with Gasteiger partial charge in [-0.3, -0.25) is 0 Å². The molecule has 0 bridgehead atoms. The molecule has 1 unspecified atom stereocenters. The Bertz CT molecular complexity index is 99.7. The molecule has 0 aromatic heterocycles. The highest BCUT2D eigenvalue weighted by Gasteiger charge is 2.03. The van der Waals surface area contributed by atoms with Crippen molar-refractivity contribution in [3.63, 3.8) is 0 Å². The van der Waals surface area contributed by atoms with E-state index in [0.717, 1.165) is 12.7 Å². The molecule has 2 nitrogen and oxygen atoms in total. The molecular weight excluding hydrogens is 140 g/mol. The van der Waals surface area contributed by atoms with Gasteiger partial charge in [-0.05, 0) is 19.3 Å². The molecule has 0 heterocycles. The van der Waals surface area contributed by atoms with E-state index in [1.165, 1.54) is 0 Å². The minimum Gasteiger partial charge on any atom is -0.378 e. The normalized spacial score (nSPS) is 13.5. The van der Waals surface area contributed by atoms with E-state index in [2.05, 4.69) is 13.8 Å². The predicted octanol–water partition coefficient (Wildman–Crippen LogP) is 2.03. The van der Waals surface area contributed by atoms with Crippen LogP contribution in [-0.4, -0.2) is 19.0 Å². The lowest BCUT2D eigenvalue weighted by atomic mass is 10.1. The zero-order chi connectivity index (χ0) is 8.69.